The second-order valence-electron chi connectivity index (χ2n) is 7.96. The Bertz CT molecular complexity index is 1170. The van der Waals surface area contributed by atoms with Gasteiger partial charge in [0.2, 0.25) is 0 Å². The zero-order chi connectivity index (χ0) is 24.1. The summed E-state index contributed by atoms with van der Waals surface area (Å²) in [5, 5.41) is 2.78. The highest BCUT2D eigenvalue weighted by atomic mass is 19.1. The molecule has 1 aliphatic rings. The van der Waals surface area contributed by atoms with Crippen molar-refractivity contribution >= 4 is 17.5 Å². The number of nitrogens with one attached hydrogen (secondary N) is 1. The van der Waals surface area contributed by atoms with Crippen molar-refractivity contribution in [3.05, 3.63) is 89.5 Å². The number of amides is 2. The lowest BCUT2D eigenvalue weighted by Crippen LogP contribution is -2.38. The van der Waals surface area contributed by atoms with E-state index in [0.717, 1.165) is 6.07 Å². The van der Waals surface area contributed by atoms with Crippen molar-refractivity contribution in [2.75, 3.05) is 11.9 Å². The summed E-state index contributed by atoms with van der Waals surface area (Å²) in [7, 11) is 0. The van der Waals surface area contributed by atoms with Crippen LogP contribution < -0.4 is 14.8 Å². The summed E-state index contributed by atoms with van der Waals surface area (Å²) >= 11 is 0. The van der Waals surface area contributed by atoms with Crippen molar-refractivity contribution < 1.29 is 27.8 Å². The molecule has 1 aliphatic heterocycles. The first-order chi connectivity index (χ1) is 16.4. The van der Waals surface area contributed by atoms with Gasteiger partial charge in [-0.1, -0.05) is 25.1 Å². The average Bonchev–Trinajstić information content (AvgIpc) is 2.94. The monoisotopic (exact) mass is 466 g/mol. The van der Waals surface area contributed by atoms with Crippen molar-refractivity contribution in [2.45, 2.75) is 32.5 Å². The zero-order valence-corrected chi connectivity index (χ0v) is 18.6. The molecule has 34 heavy (non-hydrogen) atoms. The molecule has 0 unspecified atom stereocenters. The van der Waals surface area contributed by atoms with Crippen LogP contribution in [0.25, 0.3) is 0 Å². The Kier molecular flexibility index (Phi) is 7.06. The molecule has 1 N–H and O–H groups in total. The number of ether oxygens (including phenoxy) is 2. The largest absolute Gasteiger partial charge is 0.484 e. The summed E-state index contributed by atoms with van der Waals surface area (Å²) in [6.45, 7) is 1.85. The smallest absolute Gasteiger partial charge is 0.264 e. The van der Waals surface area contributed by atoms with Crippen molar-refractivity contribution in [3.8, 4) is 11.5 Å². The number of para-hydroxylation sites is 1. The van der Waals surface area contributed by atoms with Crippen LogP contribution in [0, 0.1) is 11.6 Å². The van der Waals surface area contributed by atoms with Crippen molar-refractivity contribution in [1.82, 2.24) is 4.90 Å². The molecular formula is C26H24F2N2O4. The van der Waals surface area contributed by atoms with E-state index >= 15 is 0 Å². The van der Waals surface area contributed by atoms with Crippen LogP contribution >= 0.6 is 0 Å². The van der Waals surface area contributed by atoms with Crippen molar-refractivity contribution in [3.63, 3.8) is 0 Å². The molecule has 0 spiro atoms. The predicted molar refractivity (Wildman–Crippen MR) is 122 cm³/mol. The zero-order valence-electron chi connectivity index (χ0n) is 18.6. The maximum atomic E-state index is 13.7. The van der Waals surface area contributed by atoms with E-state index in [0.29, 0.717) is 34.7 Å². The Balaban J connectivity index is 1.50. The van der Waals surface area contributed by atoms with Gasteiger partial charge in [-0.15, -0.1) is 0 Å². The third-order valence-electron chi connectivity index (χ3n) is 5.34. The Morgan fingerprint density at radius 2 is 1.82 bits per heavy atom. The number of carbonyl (C=O) groups excluding carboxylic acids is 2. The van der Waals surface area contributed by atoms with Crippen LogP contribution in [-0.4, -0.2) is 29.4 Å². The molecule has 0 fully saturated rings. The quantitative estimate of drug-likeness (QED) is 0.549. The van der Waals surface area contributed by atoms with Gasteiger partial charge in [-0.3, -0.25) is 9.59 Å². The molecule has 0 bridgehead atoms. The predicted octanol–water partition coefficient (Wildman–Crippen LogP) is 4.68. The summed E-state index contributed by atoms with van der Waals surface area (Å²) in [4.78, 5) is 26.9. The van der Waals surface area contributed by atoms with Crippen LogP contribution in [0.1, 0.15) is 24.5 Å². The minimum Gasteiger partial charge on any atom is -0.484 e. The number of hydrogen-bond donors (Lipinski definition) is 1. The molecule has 0 aromatic heterocycles. The molecule has 0 aliphatic carbocycles. The van der Waals surface area contributed by atoms with Gasteiger partial charge in [0.15, 0.2) is 12.7 Å². The molecule has 0 radical (unpaired) electrons. The molecule has 0 saturated carbocycles. The molecule has 8 heteroatoms. The highest BCUT2D eigenvalue weighted by Crippen LogP contribution is 2.30. The number of carbonyl (C=O) groups is 2. The lowest BCUT2D eigenvalue weighted by Gasteiger charge is -2.23. The van der Waals surface area contributed by atoms with Crippen LogP contribution in [-0.2, 0) is 22.7 Å². The van der Waals surface area contributed by atoms with E-state index in [2.05, 4.69) is 5.32 Å². The van der Waals surface area contributed by atoms with Gasteiger partial charge in [0.05, 0.1) is 0 Å². The highest BCUT2D eigenvalue weighted by molar-refractivity contribution is 5.92. The van der Waals surface area contributed by atoms with E-state index in [1.165, 1.54) is 17.0 Å². The second kappa shape index (κ2) is 10.3. The number of nitrogens with zero attached hydrogens (tertiary/aromatic N) is 1. The summed E-state index contributed by atoms with van der Waals surface area (Å²) < 4.78 is 38.7. The third-order valence-corrected chi connectivity index (χ3v) is 5.34. The molecule has 2 amide bonds. The molecule has 3 aromatic rings. The van der Waals surface area contributed by atoms with Gasteiger partial charge in [0.1, 0.15) is 23.1 Å². The molecule has 4 rings (SSSR count). The maximum absolute atomic E-state index is 13.7. The van der Waals surface area contributed by atoms with E-state index in [-0.39, 0.29) is 31.5 Å². The first-order valence-electron chi connectivity index (χ1n) is 10.9. The molecule has 176 valence electrons. The Morgan fingerprint density at radius 1 is 1.09 bits per heavy atom. The van der Waals surface area contributed by atoms with Crippen LogP contribution in [0.3, 0.4) is 0 Å². The van der Waals surface area contributed by atoms with Crippen molar-refractivity contribution in [2.24, 2.45) is 0 Å². The van der Waals surface area contributed by atoms with Crippen LogP contribution in [0.5, 0.6) is 11.5 Å². The number of halogens is 2. The van der Waals surface area contributed by atoms with Crippen LogP contribution in [0.2, 0.25) is 0 Å². The number of anilines is 1. The van der Waals surface area contributed by atoms with Gasteiger partial charge in [-0.05, 0) is 54.4 Å². The summed E-state index contributed by atoms with van der Waals surface area (Å²) in [5.74, 6) is -0.918. The normalized spacial score (nSPS) is 15.2. The number of fused-ring (bicyclic) bond motifs is 1. The fraction of sp³-hybridized carbons (Fsp3) is 0.231. The van der Waals surface area contributed by atoms with Gasteiger partial charge in [0.25, 0.3) is 11.8 Å². The second-order valence-corrected chi connectivity index (χ2v) is 7.96. The van der Waals surface area contributed by atoms with E-state index < -0.39 is 17.7 Å². The van der Waals surface area contributed by atoms with Crippen LogP contribution in [0.15, 0.2) is 66.7 Å². The average molecular weight is 466 g/mol. The van der Waals surface area contributed by atoms with E-state index in [1.54, 1.807) is 30.3 Å². The van der Waals surface area contributed by atoms with E-state index in [4.69, 9.17) is 9.47 Å². The summed E-state index contributed by atoms with van der Waals surface area (Å²) in [5.41, 5.74) is 1.53. The van der Waals surface area contributed by atoms with Gasteiger partial charge in [-0.25, -0.2) is 8.78 Å². The van der Waals surface area contributed by atoms with E-state index in [9.17, 15) is 18.4 Å². The SMILES string of the molecule is CC[C@@H]1Oc2ccc(NC(=O)COc3ccccc3)cc2CN(Cc2cc(F)cc(F)c2)C1=O. The molecule has 1 atom stereocenters. The number of benzene rings is 3. The Hall–Kier alpha value is -3.94. The lowest BCUT2D eigenvalue weighted by atomic mass is 10.1. The first kappa shape index (κ1) is 23.2. The fourth-order valence-corrected chi connectivity index (χ4v) is 3.76. The van der Waals surface area contributed by atoms with Gasteiger partial charge < -0.3 is 19.7 Å². The van der Waals surface area contributed by atoms with Crippen molar-refractivity contribution in [1.29, 1.82) is 0 Å². The lowest BCUT2D eigenvalue weighted by molar-refractivity contribution is -0.139. The minimum atomic E-state index is -0.723. The molecular weight excluding hydrogens is 442 g/mol. The Labute approximate surface area is 196 Å². The number of hydrogen-bond acceptors (Lipinski definition) is 4. The van der Waals surface area contributed by atoms with Gasteiger partial charge >= 0.3 is 0 Å². The fourth-order valence-electron chi connectivity index (χ4n) is 3.76. The topological polar surface area (TPSA) is 67.9 Å². The molecule has 0 saturated heterocycles. The standard InChI is InChI=1S/C26H24F2N2O4/c1-2-23-26(32)30(14-17-10-19(27)13-20(28)11-17)15-18-12-21(8-9-24(18)34-23)29-25(31)16-33-22-6-4-3-5-7-22/h3-13,23H,2,14-16H2,1H3,(H,29,31)/t23-/m0/s1. The first-order valence-corrected chi connectivity index (χ1v) is 10.9. The van der Waals surface area contributed by atoms with Gasteiger partial charge in [0, 0.05) is 30.4 Å². The highest BCUT2D eigenvalue weighted by Gasteiger charge is 2.30. The Morgan fingerprint density at radius 3 is 2.53 bits per heavy atom. The molecule has 6 nitrogen and oxygen atoms in total. The maximum Gasteiger partial charge on any atom is 0.264 e. The number of rotatable bonds is 7. The summed E-state index contributed by atoms with van der Waals surface area (Å²) in [6, 6.07) is 17.3. The van der Waals surface area contributed by atoms with Crippen LogP contribution in [0.4, 0.5) is 14.5 Å². The summed E-state index contributed by atoms with van der Waals surface area (Å²) in [6.07, 6.45) is -0.291. The molecule has 1 heterocycles. The molecule has 3 aromatic carbocycles. The minimum absolute atomic E-state index is 0.0221. The third kappa shape index (κ3) is 5.70. The van der Waals surface area contributed by atoms with E-state index in [1.807, 2.05) is 25.1 Å². The van der Waals surface area contributed by atoms with Gasteiger partial charge in [-0.2, -0.15) is 0 Å².